The lowest BCUT2D eigenvalue weighted by Crippen LogP contribution is -2.36. The van der Waals surface area contributed by atoms with Gasteiger partial charge in [-0.15, -0.1) is 0 Å². The van der Waals surface area contributed by atoms with Crippen molar-refractivity contribution in [1.82, 2.24) is 14.9 Å². The molecule has 6 heteroatoms. The van der Waals surface area contributed by atoms with Gasteiger partial charge in [0.25, 0.3) is 5.91 Å². The Hall–Kier alpha value is -2.73. The normalized spacial score (nSPS) is 14.0. The van der Waals surface area contributed by atoms with Crippen LogP contribution in [-0.4, -0.2) is 34.4 Å². The van der Waals surface area contributed by atoms with Gasteiger partial charge in [-0.3, -0.25) is 9.78 Å². The van der Waals surface area contributed by atoms with Crippen molar-refractivity contribution in [3.63, 3.8) is 0 Å². The zero-order chi connectivity index (χ0) is 16.5. The molecule has 1 aromatic carbocycles. The first-order chi connectivity index (χ1) is 11.8. The Kier molecular flexibility index (Phi) is 3.74. The van der Waals surface area contributed by atoms with Gasteiger partial charge in [0.2, 0.25) is 5.89 Å². The summed E-state index contributed by atoms with van der Waals surface area (Å²) < 4.78 is 10.7. The van der Waals surface area contributed by atoms with Gasteiger partial charge in [-0.1, -0.05) is 18.2 Å². The SMILES string of the molecule is COCc1nc2c(o1)CCN(C(=O)c1cccc3cccnc13)C2. The molecule has 0 fully saturated rings. The van der Waals surface area contributed by atoms with E-state index in [1.165, 1.54) is 0 Å². The minimum atomic E-state index is -0.0266. The number of carbonyl (C=O) groups is 1. The maximum Gasteiger partial charge on any atom is 0.256 e. The third-order valence-corrected chi connectivity index (χ3v) is 4.19. The zero-order valence-electron chi connectivity index (χ0n) is 13.4. The number of hydrogen-bond acceptors (Lipinski definition) is 5. The number of oxazole rings is 1. The summed E-state index contributed by atoms with van der Waals surface area (Å²) in [6.45, 7) is 1.40. The molecule has 6 nitrogen and oxygen atoms in total. The van der Waals surface area contributed by atoms with Crippen LogP contribution < -0.4 is 0 Å². The summed E-state index contributed by atoms with van der Waals surface area (Å²) in [5.41, 5.74) is 2.17. The molecule has 0 bridgehead atoms. The number of ether oxygens (including phenoxy) is 1. The number of amides is 1. The Labute approximate surface area is 139 Å². The van der Waals surface area contributed by atoms with Crippen LogP contribution in [0, 0.1) is 0 Å². The number of pyridine rings is 1. The van der Waals surface area contributed by atoms with Gasteiger partial charge in [-0.2, -0.15) is 0 Å². The summed E-state index contributed by atoms with van der Waals surface area (Å²) in [6, 6.07) is 9.51. The molecule has 4 rings (SSSR count). The molecular weight excluding hydrogens is 306 g/mol. The number of aromatic nitrogens is 2. The maximum atomic E-state index is 13.0. The van der Waals surface area contributed by atoms with Crippen LogP contribution in [0.3, 0.4) is 0 Å². The van der Waals surface area contributed by atoms with E-state index in [1.54, 1.807) is 18.2 Å². The standard InChI is InChI=1S/C18H17N3O3/c1-23-11-16-20-14-10-21(9-7-15(14)24-16)18(22)13-6-2-4-12-5-3-8-19-17(12)13/h2-6,8H,7,9-11H2,1H3. The van der Waals surface area contributed by atoms with Gasteiger partial charge in [-0.05, 0) is 12.1 Å². The third kappa shape index (κ3) is 2.55. The zero-order valence-corrected chi connectivity index (χ0v) is 13.4. The van der Waals surface area contributed by atoms with Gasteiger partial charge in [0, 0.05) is 31.7 Å². The highest BCUT2D eigenvalue weighted by Gasteiger charge is 2.27. The second-order valence-electron chi connectivity index (χ2n) is 5.77. The van der Waals surface area contributed by atoms with Crippen LogP contribution in [0.15, 0.2) is 40.9 Å². The monoisotopic (exact) mass is 323 g/mol. The lowest BCUT2D eigenvalue weighted by atomic mass is 10.1. The van der Waals surface area contributed by atoms with Crippen LogP contribution in [0.25, 0.3) is 10.9 Å². The number of benzene rings is 1. The first-order valence-electron chi connectivity index (χ1n) is 7.85. The van der Waals surface area contributed by atoms with E-state index in [9.17, 15) is 4.79 Å². The van der Waals surface area contributed by atoms with Crippen LogP contribution in [0.5, 0.6) is 0 Å². The van der Waals surface area contributed by atoms with E-state index in [1.807, 2.05) is 30.3 Å². The lowest BCUT2D eigenvalue weighted by Gasteiger charge is -2.25. The highest BCUT2D eigenvalue weighted by Crippen LogP contribution is 2.24. The van der Waals surface area contributed by atoms with Crippen molar-refractivity contribution in [3.05, 3.63) is 59.4 Å². The van der Waals surface area contributed by atoms with Crippen LogP contribution in [-0.2, 0) is 24.3 Å². The predicted molar refractivity (Wildman–Crippen MR) is 87.4 cm³/mol. The molecule has 0 saturated carbocycles. The Morgan fingerprint density at radius 3 is 3.08 bits per heavy atom. The van der Waals surface area contributed by atoms with Gasteiger partial charge >= 0.3 is 0 Å². The van der Waals surface area contributed by atoms with Gasteiger partial charge in [0.1, 0.15) is 18.1 Å². The Morgan fingerprint density at radius 2 is 2.21 bits per heavy atom. The van der Waals surface area contributed by atoms with Crippen molar-refractivity contribution in [2.75, 3.05) is 13.7 Å². The fraction of sp³-hybridized carbons (Fsp3) is 0.278. The Bertz CT molecular complexity index is 898. The van der Waals surface area contributed by atoms with Crippen molar-refractivity contribution >= 4 is 16.8 Å². The summed E-state index contributed by atoms with van der Waals surface area (Å²) in [4.78, 5) is 23.6. The Balaban J connectivity index is 1.63. The van der Waals surface area contributed by atoms with Crippen molar-refractivity contribution in [2.45, 2.75) is 19.6 Å². The molecule has 2 aromatic heterocycles. The molecule has 122 valence electrons. The highest BCUT2D eigenvalue weighted by molar-refractivity contribution is 6.05. The highest BCUT2D eigenvalue weighted by atomic mass is 16.5. The van der Waals surface area contributed by atoms with Crippen molar-refractivity contribution < 1.29 is 13.9 Å². The average Bonchev–Trinajstić information content (AvgIpc) is 3.02. The van der Waals surface area contributed by atoms with E-state index in [2.05, 4.69) is 9.97 Å². The number of hydrogen-bond donors (Lipinski definition) is 0. The summed E-state index contributed by atoms with van der Waals surface area (Å²) in [5.74, 6) is 1.38. The number of fused-ring (bicyclic) bond motifs is 2. The average molecular weight is 323 g/mol. The Morgan fingerprint density at radius 1 is 1.33 bits per heavy atom. The number of para-hydroxylation sites is 1. The molecule has 0 spiro atoms. The van der Waals surface area contributed by atoms with E-state index < -0.39 is 0 Å². The molecule has 0 aliphatic carbocycles. The summed E-state index contributed by atoms with van der Waals surface area (Å²) in [7, 11) is 1.60. The second kappa shape index (κ2) is 6.05. The first kappa shape index (κ1) is 14.8. The molecule has 1 aliphatic rings. The quantitative estimate of drug-likeness (QED) is 0.741. The van der Waals surface area contributed by atoms with Crippen molar-refractivity contribution in [1.29, 1.82) is 0 Å². The lowest BCUT2D eigenvalue weighted by molar-refractivity contribution is 0.0729. The van der Waals surface area contributed by atoms with Gasteiger partial charge in [-0.25, -0.2) is 4.98 Å². The molecule has 1 amide bonds. The molecule has 1 aliphatic heterocycles. The summed E-state index contributed by atoms with van der Waals surface area (Å²) in [5, 5.41) is 0.963. The molecule has 3 heterocycles. The van der Waals surface area contributed by atoms with Crippen LogP contribution in [0.1, 0.15) is 27.7 Å². The number of nitrogens with zero attached hydrogens (tertiary/aromatic N) is 3. The third-order valence-electron chi connectivity index (χ3n) is 4.19. The molecule has 0 atom stereocenters. The minimum Gasteiger partial charge on any atom is -0.443 e. The van der Waals surface area contributed by atoms with E-state index in [-0.39, 0.29) is 5.91 Å². The van der Waals surface area contributed by atoms with Gasteiger partial charge in [0.15, 0.2) is 0 Å². The summed E-state index contributed by atoms with van der Waals surface area (Å²) in [6.07, 6.45) is 2.37. The van der Waals surface area contributed by atoms with Crippen LogP contribution >= 0.6 is 0 Å². The second-order valence-corrected chi connectivity index (χ2v) is 5.77. The molecule has 24 heavy (non-hydrogen) atoms. The minimum absolute atomic E-state index is 0.0266. The van der Waals surface area contributed by atoms with Crippen molar-refractivity contribution in [3.8, 4) is 0 Å². The van der Waals surface area contributed by atoms with Gasteiger partial charge < -0.3 is 14.1 Å². The van der Waals surface area contributed by atoms with E-state index in [4.69, 9.17) is 9.15 Å². The van der Waals surface area contributed by atoms with Crippen LogP contribution in [0.2, 0.25) is 0 Å². The number of rotatable bonds is 3. The smallest absolute Gasteiger partial charge is 0.256 e. The largest absolute Gasteiger partial charge is 0.443 e. The fourth-order valence-electron chi connectivity index (χ4n) is 3.06. The molecule has 0 N–H and O–H groups in total. The first-order valence-corrected chi connectivity index (χ1v) is 7.85. The number of methoxy groups -OCH3 is 1. The predicted octanol–water partition coefficient (Wildman–Crippen LogP) is 2.57. The van der Waals surface area contributed by atoms with Crippen LogP contribution in [0.4, 0.5) is 0 Å². The van der Waals surface area contributed by atoms with E-state index >= 15 is 0 Å². The molecule has 0 radical (unpaired) electrons. The van der Waals surface area contributed by atoms with Gasteiger partial charge in [0.05, 0.1) is 17.6 Å². The summed E-state index contributed by atoms with van der Waals surface area (Å²) >= 11 is 0. The van der Waals surface area contributed by atoms with E-state index in [0.29, 0.717) is 37.6 Å². The van der Waals surface area contributed by atoms with Crippen molar-refractivity contribution in [2.24, 2.45) is 0 Å². The fourth-order valence-corrected chi connectivity index (χ4v) is 3.06. The molecule has 0 saturated heterocycles. The molecule has 0 unspecified atom stereocenters. The van der Waals surface area contributed by atoms with E-state index in [0.717, 1.165) is 22.4 Å². The topological polar surface area (TPSA) is 68.5 Å². The molecular formula is C18H17N3O3. The maximum absolute atomic E-state index is 13.0. The molecule has 3 aromatic rings. The number of carbonyl (C=O) groups excluding carboxylic acids is 1.